The van der Waals surface area contributed by atoms with Crippen LogP contribution in [0.15, 0.2) is 42.5 Å². The molecule has 0 aliphatic carbocycles. The fourth-order valence-corrected chi connectivity index (χ4v) is 3.27. The van der Waals surface area contributed by atoms with E-state index < -0.39 is 0 Å². The third-order valence-corrected chi connectivity index (χ3v) is 5.08. The molecule has 1 unspecified atom stereocenters. The van der Waals surface area contributed by atoms with Gasteiger partial charge in [0.1, 0.15) is 5.75 Å². The summed E-state index contributed by atoms with van der Waals surface area (Å²) in [6.07, 6.45) is 0. The Morgan fingerprint density at radius 3 is 2.50 bits per heavy atom. The molecule has 0 bridgehead atoms. The minimum Gasteiger partial charge on any atom is -0.493 e. The number of rotatable bonds is 7. The Hall–Kier alpha value is -1.07. The van der Waals surface area contributed by atoms with Gasteiger partial charge in [0, 0.05) is 10.8 Å². The predicted octanol–water partition coefficient (Wildman–Crippen LogP) is 5.79. The van der Waals surface area contributed by atoms with E-state index in [-0.39, 0.29) is 11.2 Å². The predicted molar refractivity (Wildman–Crippen MR) is 104 cm³/mol. The quantitative estimate of drug-likeness (QED) is 0.594. The van der Waals surface area contributed by atoms with E-state index in [1.165, 1.54) is 11.8 Å². The van der Waals surface area contributed by atoms with Crippen LogP contribution in [0.5, 0.6) is 5.75 Å². The molecule has 2 aromatic rings. The van der Waals surface area contributed by atoms with Crippen molar-refractivity contribution in [2.75, 3.05) is 17.7 Å². The molecule has 1 N–H and O–H groups in total. The molecule has 1 atom stereocenters. The molecule has 128 valence electrons. The van der Waals surface area contributed by atoms with Crippen molar-refractivity contribution in [2.24, 2.45) is 0 Å². The summed E-state index contributed by atoms with van der Waals surface area (Å²) in [5.41, 5.74) is 0.438. The number of thioether (sulfide) groups is 1. The topological polar surface area (TPSA) is 38.3 Å². The van der Waals surface area contributed by atoms with Crippen molar-refractivity contribution in [3.63, 3.8) is 0 Å². The number of nitrogens with one attached hydrogen (secondary N) is 1. The van der Waals surface area contributed by atoms with Crippen LogP contribution in [0.4, 0.5) is 5.69 Å². The molecule has 7 heteroatoms. The van der Waals surface area contributed by atoms with E-state index >= 15 is 0 Å². The highest BCUT2D eigenvalue weighted by molar-refractivity contribution is 8.00. The number of hydrogen-bond donors (Lipinski definition) is 1. The maximum atomic E-state index is 12.2. The summed E-state index contributed by atoms with van der Waals surface area (Å²) in [5.74, 6) is 1.22. The number of benzene rings is 2. The zero-order valence-corrected chi connectivity index (χ0v) is 16.0. The van der Waals surface area contributed by atoms with Gasteiger partial charge in [-0.2, -0.15) is 0 Å². The Bertz CT molecular complexity index is 692. The van der Waals surface area contributed by atoms with E-state index in [9.17, 15) is 4.79 Å². The first-order valence-electron chi connectivity index (χ1n) is 7.22. The molecule has 1 amide bonds. The largest absolute Gasteiger partial charge is 0.493 e. The summed E-state index contributed by atoms with van der Waals surface area (Å²) in [7, 11) is 0. The highest BCUT2D eigenvalue weighted by Gasteiger charge is 2.16. The Balaban J connectivity index is 1.78. The lowest BCUT2D eigenvalue weighted by atomic mass is 10.3. The normalized spacial score (nSPS) is 11.8. The Morgan fingerprint density at radius 2 is 1.83 bits per heavy atom. The van der Waals surface area contributed by atoms with E-state index in [1.807, 2.05) is 19.1 Å². The van der Waals surface area contributed by atoms with Gasteiger partial charge in [0.05, 0.1) is 27.6 Å². The summed E-state index contributed by atoms with van der Waals surface area (Å²) in [5, 5.41) is 3.96. The minimum absolute atomic E-state index is 0.155. The fourth-order valence-electron chi connectivity index (χ4n) is 1.86. The lowest BCUT2D eigenvalue weighted by Crippen LogP contribution is -2.23. The Morgan fingerprint density at radius 1 is 1.17 bits per heavy atom. The number of ether oxygens (including phenoxy) is 1. The van der Waals surface area contributed by atoms with Crippen LogP contribution >= 0.6 is 46.6 Å². The Labute approximate surface area is 160 Å². The summed E-state index contributed by atoms with van der Waals surface area (Å²) >= 11 is 19.5. The van der Waals surface area contributed by atoms with Crippen molar-refractivity contribution in [3.05, 3.63) is 57.5 Å². The first kappa shape index (κ1) is 19.3. The second kappa shape index (κ2) is 9.42. The SMILES string of the molecule is CC(SCCOc1cccc(Cl)c1)C(=O)Nc1c(Cl)cccc1Cl. The van der Waals surface area contributed by atoms with Crippen LogP contribution in [-0.2, 0) is 4.79 Å². The number of hydrogen-bond acceptors (Lipinski definition) is 3. The molecule has 0 fully saturated rings. The number of para-hydroxylation sites is 1. The van der Waals surface area contributed by atoms with Gasteiger partial charge in [0.15, 0.2) is 0 Å². The van der Waals surface area contributed by atoms with Gasteiger partial charge in [-0.1, -0.05) is 46.9 Å². The number of anilines is 1. The van der Waals surface area contributed by atoms with Crippen molar-refractivity contribution in [3.8, 4) is 5.75 Å². The van der Waals surface area contributed by atoms with E-state index in [0.29, 0.717) is 38.9 Å². The van der Waals surface area contributed by atoms with Crippen LogP contribution in [-0.4, -0.2) is 23.5 Å². The van der Waals surface area contributed by atoms with Crippen molar-refractivity contribution in [1.82, 2.24) is 0 Å². The molecule has 0 aromatic heterocycles. The smallest absolute Gasteiger partial charge is 0.237 e. The first-order chi connectivity index (χ1) is 11.5. The van der Waals surface area contributed by atoms with E-state index in [1.54, 1.807) is 30.3 Å². The average molecular weight is 405 g/mol. The van der Waals surface area contributed by atoms with Crippen molar-refractivity contribution < 1.29 is 9.53 Å². The molecule has 0 spiro atoms. The fraction of sp³-hybridized carbons (Fsp3) is 0.235. The lowest BCUT2D eigenvalue weighted by Gasteiger charge is -2.14. The van der Waals surface area contributed by atoms with Crippen LogP contribution in [0.2, 0.25) is 15.1 Å². The van der Waals surface area contributed by atoms with Gasteiger partial charge in [0.25, 0.3) is 0 Å². The van der Waals surface area contributed by atoms with Gasteiger partial charge < -0.3 is 10.1 Å². The third kappa shape index (κ3) is 5.78. The summed E-state index contributed by atoms with van der Waals surface area (Å²) in [4.78, 5) is 12.2. The maximum absolute atomic E-state index is 12.2. The molecule has 24 heavy (non-hydrogen) atoms. The van der Waals surface area contributed by atoms with Gasteiger partial charge in [-0.05, 0) is 37.3 Å². The molecule has 0 saturated carbocycles. The van der Waals surface area contributed by atoms with Gasteiger partial charge in [-0.15, -0.1) is 11.8 Å². The zero-order valence-electron chi connectivity index (χ0n) is 12.9. The molecule has 0 aliphatic heterocycles. The molecule has 0 radical (unpaired) electrons. The molecule has 2 aromatic carbocycles. The van der Waals surface area contributed by atoms with Crippen LogP contribution in [0.25, 0.3) is 0 Å². The second-order valence-corrected chi connectivity index (χ2v) is 7.60. The van der Waals surface area contributed by atoms with E-state index in [0.717, 1.165) is 0 Å². The summed E-state index contributed by atoms with van der Waals surface area (Å²) < 4.78 is 5.59. The lowest BCUT2D eigenvalue weighted by molar-refractivity contribution is -0.115. The monoisotopic (exact) mass is 403 g/mol. The average Bonchev–Trinajstić information content (AvgIpc) is 2.55. The van der Waals surface area contributed by atoms with Crippen LogP contribution in [0, 0.1) is 0 Å². The Kier molecular flexibility index (Phi) is 7.56. The summed E-state index contributed by atoms with van der Waals surface area (Å²) in [6, 6.07) is 12.3. The van der Waals surface area contributed by atoms with E-state index in [2.05, 4.69) is 5.32 Å². The van der Waals surface area contributed by atoms with Gasteiger partial charge >= 0.3 is 0 Å². The number of carbonyl (C=O) groups excluding carboxylic acids is 1. The standard InChI is InChI=1S/C17H16Cl3NO2S/c1-11(17(22)21-16-14(19)6-3-7-15(16)20)24-9-8-23-13-5-2-4-12(18)10-13/h2-7,10-11H,8-9H2,1H3,(H,21,22). The van der Waals surface area contributed by atoms with Gasteiger partial charge in [-0.3, -0.25) is 4.79 Å². The number of amides is 1. The van der Waals surface area contributed by atoms with Gasteiger partial charge in [0.2, 0.25) is 5.91 Å². The maximum Gasteiger partial charge on any atom is 0.237 e. The van der Waals surface area contributed by atoms with Crippen molar-refractivity contribution in [2.45, 2.75) is 12.2 Å². The van der Waals surface area contributed by atoms with Crippen LogP contribution in [0.1, 0.15) is 6.92 Å². The van der Waals surface area contributed by atoms with Crippen molar-refractivity contribution >= 4 is 58.2 Å². The summed E-state index contributed by atoms with van der Waals surface area (Å²) in [6.45, 7) is 2.31. The van der Waals surface area contributed by atoms with Crippen LogP contribution in [0.3, 0.4) is 0 Å². The molecule has 0 saturated heterocycles. The number of carbonyl (C=O) groups is 1. The molecule has 3 nitrogen and oxygen atoms in total. The van der Waals surface area contributed by atoms with E-state index in [4.69, 9.17) is 39.5 Å². The highest BCUT2D eigenvalue weighted by Crippen LogP contribution is 2.30. The third-order valence-electron chi connectivity index (χ3n) is 3.10. The van der Waals surface area contributed by atoms with Crippen molar-refractivity contribution in [1.29, 1.82) is 0 Å². The molecule has 2 rings (SSSR count). The van der Waals surface area contributed by atoms with Gasteiger partial charge in [-0.25, -0.2) is 0 Å². The minimum atomic E-state index is -0.264. The zero-order chi connectivity index (χ0) is 17.5. The number of halogens is 3. The molecule has 0 heterocycles. The molecule has 0 aliphatic rings. The molecular formula is C17H16Cl3NO2S. The second-order valence-electron chi connectivity index (χ2n) is 4.90. The molecular weight excluding hydrogens is 389 g/mol. The van der Waals surface area contributed by atoms with Crippen LogP contribution < -0.4 is 10.1 Å². The first-order valence-corrected chi connectivity index (χ1v) is 9.40. The highest BCUT2D eigenvalue weighted by atomic mass is 35.5.